The quantitative estimate of drug-likeness (QED) is 0.523. The van der Waals surface area contributed by atoms with Crippen molar-refractivity contribution in [2.24, 2.45) is 0 Å². The summed E-state index contributed by atoms with van der Waals surface area (Å²) in [6.07, 6.45) is 0. The molecule has 2 aromatic carbocycles. The van der Waals surface area contributed by atoms with Crippen LogP contribution in [0.4, 0.5) is 0 Å². The van der Waals surface area contributed by atoms with Crippen molar-refractivity contribution in [3.05, 3.63) is 59.7 Å². The van der Waals surface area contributed by atoms with Gasteiger partial charge in [-0.05, 0) is 23.3 Å². The number of alkyl halides is 1. The fourth-order valence-electron chi connectivity index (χ4n) is 1.98. The van der Waals surface area contributed by atoms with E-state index in [2.05, 4.69) is 40.2 Å². The summed E-state index contributed by atoms with van der Waals surface area (Å²) >= 11 is 5.43. The average molecular weight is 287 g/mol. The van der Waals surface area contributed by atoms with E-state index in [0.29, 0.717) is 0 Å². The van der Waals surface area contributed by atoms with E-state index < -0.39 is 4.22 Å². The van der Waals surface area contributed by atoms with Gasteiger partial charge in [0.1, 0.15) is 7.85 Å². The maximum absolute atomic E-state index is 6.40. The van der Waals surface area contributed by atoms with E-state index in [1.165, 1.54) is 9.79 Å². The third-order valence-electron chi connectivity index (χ3n) is 2.78. The van der Waals surface area contributed by atoms with Crippen LogP contribution >= 0.6 is 27.7 Å². The summed E-state index contributed by atoms with van der Waals surface area (Å²) in [7, 11) is 6.40. The Balaban J connectivity index is 2.28. The Morgan fingerprint density at radius 3 is 1.81 bits per heavy atom. The van der Waals surface area contributed by atoms with Gasteiger partial charge >= 0.3 is 0 Å². The maximum Gasteiger partial charge on any atom is 0.103 e. The number of benzene rings is 2. The van der Waals surface area contributed by atoms with Crippen molar-refractivity contribution >= 4 is 35.5 Å². The molecule has 76 valence electrons. The van der Waals surface area contributed by atoms with E-state index in [1.807, 2.05) is 24.3 Å². The third-order valence-corrected chi connectivity index (χ3v) is 4.78. The zero-order valence-corrected chi connectivity index (χ0v) is 10.9. The van der Waals surface area contributed by atoms with E-state index in [1.54, 1.807) is 11.8 Å². The Labute approximate surface area is 109 Å². The molecule has 16 heavy (non-hydrogen) atoms. The van der Waals surface area contributed by atoms with Gasteiger partial charge in [0.15, 0.2) is 0 Å². The zero-order chi connectivity index (χ0) is 11.2. The highest BCUT2D eigenvalue weighted by molar-refractivity contribution is 9.10. The molecular formula is C13H8BBrS. The summed E-state index contributed by atoms with van der Waals surface area (Å²) in [6.45, 7) is 0. The summed E-state index contributed by atoms with van der Waals surface area (Å²) < 4.78 is -0.564. The Bertz CT molecular complexity index is 504. The number of hydrogen-bond acceptors (Lipinski definition) is 1. The normalized spacial score (nSPS) is 16.3. The van der Waals surface area contributed by atoms with E-state index >= 15 is 0 Å². The lowest BCUT2D eigenvalue weighted by Crippen LogP contribution is -2.24. The van der Waals surface area contributed by atoms with Crippen LogP contribution in [0, 0.1) is 0 Å². The van der Waals surface area contributed by atoms with Gasteiger partial charge in [-0.2, -0.15) is 0 Å². The van der Waals surface area contributed by atoms with Crippen LogP contribution in [-0.2, 0) is 4.22 Å². The van der Waals surface area contributed by atoms with E-state index in [9.17, 15) is 0 Å². The van der Waals surface area contributed by atoms with Crippen molar-refractivity contribution in [3.63, 3.8) is 0 Å². The molecule has 0 N–H and O–H groups in total. The molecule has 1 heterocycles. The summed E-state index contributed by atoms with van der Waals surface area (Å²) in [5.41, 5.74) is 2.28. The summed E-state index contributed by atoms with van der Waals surface area (Å²) in [6, 6.07) is 16.5. The second-order valence-electron chi connectivity index (χ2n) is 3.81. The Hall–Kier alpha value is -0.665. The summed E-state index contributed by atoms with van der Waals surface area (Å²) in [5.74, 6) is 0. The first kappa shape index (κ1) is 10.5. The van der Waals surface area contributed by atoms with Gasteiger partial charge in [-0.3, -0.25) is 0 Å². The minimum absolute atomic E-state index is 0.564. The number of hydrogen-bond donors (Lipinski definition) is 0. The lowest BCUT2D eigenvalue weighted by Gasteiger charge is -2.33. The van der Waals surface area contributed by atoms with Gasteiger partial charge in [-0.25, -0.2) is 0 Å². The van der Waals surface area contributed by atoms with Gasteiger partial charge < -0.3 is 0 Å². The molecule has 1 aliphatic heterocycles. The SMILES string of the molecule is [B]C1(Br)c2ccccc2Sc2ccccc21. The van der Waals surface area contributed by atoms with Gasteiger partial charge in [0.25, 0.3) is 0 Å². The smallest absolute Gasteiger partial charge is 0.0895 e. The first-order valence-corrected chi connectivity index (χ1v) is 6.65. The van der Waals surface area contributed by atoms with E-state index in [-0.39, 0.29) is 0 Å². The van der Waals surface area contributed by atoms with E-state index in [0.717, 1.165) is 11.1 Å². The minimum atomic E-state index is -0.564. The topological polar surface area (TPSA) is 0 Å². The number of rotatable bonds is 0. The van der Waals surface area contributed by atoms with Crippen LogP contribution in [0.1, 0.15) is 11.1 Å². The highest BCUT2D eigenvalue weighted by atomic mass is 79.9. The third kappa shape index (κ3) is 1.46. The minimum Gasteiger partial charge on any atom is -0.0895 e. The highest BCUT2D eigenvalue weighted by Gasteiger charge is 2.33. The summed E-state index contributed by atoms with van der Waals surface area (Å²) in [4.78, 5) is 2.45. The molecule has 2 aromatic rings. The molecule has 0 unspecified atom stereocenters. The monoisotopic (exact) mass is 286 g/mol. The van der Waals surface area contributed by atoms with Crippen molar-refractivity contribution in [2.45, 2.75) is 14.0 Å². The zero-order valence-electron chi connectivity index (χ0n) is 8.48. The lowest BCUT2D eigenvalue weighted by atomic mass is 9.75. The van der Waals surface area contributed by atoms with Crippen LogP contribution in [0.15, 0.2) is 58.3 Å². The van der Waals surface area contributed by atoms with Crippen LogP contribution in [0.25, 0.3) is 0 Å². The molecule has 3 rings (SSSR count). The molecule has 3 heteroatoms. The van der Waals surface area contributed by atoms with Crippen LogP contribution in [-0.4, -0.2) is 7.85 Å². The summed E-state index contributed by atoms with van der Waals surface area (Å²) in [5, 5.41) is 0. The van der Waals surface area contributed by atoms with E-state index in [4.69, 9.17) is 7.85 Å². The first-order valence-electron chi connectivity index (χ1n) is 5.04. The van der Waals surface area contributed by atoms with Gasteiger partial charge in [-0.1, -0.05) is 64.1 Å². The fraction of sp³-hybridized carbons (Fsp3) is 0.0769. The standard InChI is InChI=1S/C13H8BBrS/c14-13(15)9-5-1-3-7-11(9)16-12-8-4-2-6-10(12)13/h1-8H. The second kappa shape index (κ2) is 3.68. The predicted molar refractivity (Wildman–Crippen MR) is 72.5 cm³/mol. The molecule has 0 bridgehead atoms. The van der Waals surface area contributed by atoms with Gasteiger partial charge in [0.05, 0.1) is 0 Å². The predicted octanol–water partition coefficient (Wildman–Crippen LogP) is 3.92. The first-order chi connectivity index (χ1) is 7.69. The van der Waals surface area contributed by atoms with Crippen LogP contribution in [0.3, 0.4) is 0 Å². The van der Waals surface area contributed by atoms with Crippen molar-refractivity contribution in [1.29, 1.82) is 0 Å². The molecule has 0 saturated carbocycles. The largest absolute Gasteiger partial charge is 0.103 e. The van der Waals surface area contributed by atoms with Gasteiger partial charge in [0, 0.05) is 14.0 Å². The highest BCUT2D eigenvalue weighted by Crippen LogP contribution is 2.50. The maximum atomic E-state index is 6.40. The molecule has 1 aliphatic rings. The molecule has 0 amide bonds. The lowest BCUT2D eigenvalue weighted by molar-refractivity contribution is 0.970. The molecule has 0 nitrogen and oxygen atoms in total. The average Bonchev–Trinajstić information content (AvgIpc) is 2.29. The van der Waals surface area contributed by atoms with Crippen molar-refractivity contribution in [1.82, 2.24) is 0 Å². The molecular weight excluding hydrogens is 279 g/mol. The van der Waals surface area contributed by atoms with Crippen molar-refractivity contribution in [3.8, 4) is 0 Å². The van der Waals surface area contributed by atoms with Gasteiger partial charge in [0.2, 0.25) is 0 Å². The van der Waals surface area contributed by atoms with Crippen molar-refractivity contribution < 1.29 is 0 Å². The molecule has 0 atom stereocenters. The molecule has 0 aliphatic carbocycles. The van der Waals surface area contributed by atoms with Crippen LogP contribution < -0.4 is 0 Å². The second-order valence-corrected chi connectivity index (χ2v) is 6.14. The van der Waals surface area contributed by atoms with Crippen LogP contribution in [0.5, 0.6) is 0 Å². The molecule has 2 radical (unpaired) electrons. The van der Waals surface area contributed by atoms with Crippen molar-refractivity contribution in [2.75, 3.05) is 0 Å². The Morgan fingerprint density at radius 1 is 0.875 bits per heavy atom. The Kier molecular flexibility index (Phi) is 2.41. The number of halogens is 1. The molecule has 0 spiro atoms. The molecule has 0 fully saturated rings. The number of fused-ring (bicyclic) bond motifs is 2. The Morgan fingerprint density at radius 2 is 1.31 bits per heavy atom. The molecule has 0 saturated heterocycles. The molecule has 0 aromatic heterocycles. The fourth-order valence-corrected chi connectivity index (χ4v) is 4.14. The van der Waals surface area contributed by atoms with Gasteiger partial charge in [-0.15, -0.1) is 0 Å². The van der Waals surface area contributed by atoms with Crippen LogP contribution in [0.2, 0.25) is 0 Å².